The first-order chi connectivity index (χ1) is 9.09. The van der Waals surface area contributed by atoms with Gasteiger partial charge in [0.2, 0.25) is 0 Å². The fourth-order valence-electron chi connectivity index (χ4n) is 3.05. The van der Waals surface area contributed by atoms with E-state index in [9.17, 15) is 0 Å². The molecule has 1 nitrogen and oxygen atoms in total. The standard InChI is InChI=1S/C18H21N/c1-18(2,3)19-16(14-10-6-4-7-11-14)17(19)15-12-8-5-9-13-15/h4-13,16-17H,1-3H3/t16-,17+,19?. The summed E-state index contributed by atoms with van der Waals surface area (Å²) in [6.45, 7) is 6.89. The van der Waals surface area contributed by atoms with Crippen LogP contribution in [0.25, 0.3) is 0 Å². The smallest absolute Gasteiger partial charge is 0.0557 e. The third-order valence-corrected chi connectivity index (χ3v) is 3.87. The predicted octanol–water partition coefficient (Wildman–Crippen LogP) is 4.58. The number of hydrogen-bond acceptors (Lipinski definition) is 1. The fraction of sp³-hybridized carbons (Fsp3) is 0.333. The van der Waals surface area contributed by atoms with Crippen LogP contribution in [0.5, 0.6) is 0 Å². The molecule has 98 valence electrons. The Bertz CT molecular complexity index is 493. The van der Waals surface area contributed by atoms with E-state index in [1.165, 1.54) is 11.1 Å². The van der Waals surface area contributed by atoms with Crippen LogP contribution in [0.1, 0.15) is 44.0 Å². The molecule has 0 amide bonds. The monoisotopic (exact) mass is 251 g/mol. The van der Waals surface area contributed by atoms with Crippen molar-refractivity contribution in [1.82, 2.24) is 4.90 Å². The van der Waals surface area contributed by atoms with Crippen LogP contribution in [-0.4, -0.2) is 10.4 Å². The Hall–Kier alpha value is -1.60. The van der Waals surface area contributed by atoms with Crippen LogP contribution in [0.4, 0.5) is 0 Å². The molecule has 1 aliphatic rings. The molecule has 19 heavy (non-hydrogen) atoms. The molecule has 1 aliphatic heterocycles. The molecule has 1 heteroatoms. The minimum atomic E-state index is 0.195. The second-order valence-electron chi connectivity index (χ2n) is 6.29. The zero-order valence-corrected chi connectivity index (χ0v) is 11.9. The lowest BCUT2D eigenvalue weighted by Gasteiger charge is -2.22. The highest BCUT2D eigenvalue weighted by atomic mass is 15.4. The molecular weight excluding hydrogens is 230 g/mol. The summed E-state index contributed by atoms with van der Waals surface area (Å²) in [6.07, 6.45) is 0. The summed E-state index contributed by atoms with van der Waals surface area (Å²) in [6, 6.07) is 22.7. The number of rotatable bonds is 2. The highest BCUT2D eigenvalue weighted by Crippen LogP contribution is 2.58. The van der Waals surface area contributed by atoms with Crippen molar-refractivity contribution in [1.29, 1.82) is 0 Å². The van der Waals surface area contributed by atoms with Gasteiger partial charge in [-0.2, -0.15) is 0 Å². The van der Waals surface area contributed by atoms with Gasteiger partial charge in [-0.05, 0) is 31.9 Å². The second kappa shape index (κ2) is 4.50. The Morgan fingerprint density at radius 3 is 1.37 bits per heavy atom. The van der Waals surface area contributed by atoms with Crippen molar-refractivity contribution in [3.63, 3.8) is 0 Å². The van der Waals surface area contributed by atoms with Crippen molar-refractivity contribution in [2.24, 2.45) is 0 Å². The van der Waals surface area contributed by atoms with Crippen molar-refractivity contribution < 1.29 is 0 Å². The van der Waals surface area contributed by atoms with Gasteiger partial charge < -0.3 is 0 Å². The first-order valence-electron chi connectivity index (χ1n) is 6.97. The van der Waals surface area contributed by atoms with E-state index >= 15 is 0 Å². The normalized spacial score (nSPS) is 26.2. The summed E-state index contributed by atoms with van der Waals surface area (Å²) in [4.78, 5) is 2.59. The number of benzene rings is 2. The Labute approximate surface area is 115 Å². The Kier molecular flexibility index (Phi) is 2.94. The Balaban J connectivity index is 1.95. The van der Waals surface area contributed by atoms with Crippen LogP contribution < -0.4 is 0 Å². The molecular formula is C18H21N. The zero-order chi connectivity index (χ0) is 13.5. The molecule has 0 spiro atoms. The van der Waals surface area contributed by atoms with Crippen LogP contribution in [0, 0.1) is 0 Å². The van der Waals surface area contributed by atoms with Gasteiger partial charge in [0.05, 0.1) is 12.1 Å². The molecule has 0 bridgehead atoms. The maximum absolute atomic E-state index is 2.59. The van der Waals surface area contributed by atoms with Crippen molar-refractivity contribution in [2.75, 3.05) is 0 Å². The average Bonchev–Trinajstić information content (AvgIpc) is 3.16. The summed E-state index contributed by atoms with van der Waals surface area (Å²) in [5.41, 5.74) is 3.04. The van der Waals surface area contributed by atoms with Crippen molar-refractivity contribution in [3.8, 4) is 0 Å². The van der Waals surface area contributed by atoms with E-state index in [-0.39, 0.29) is 5.54 Å². The van der Waals surface area contributed by atoms with Gasteiger partial charge in [-0.25, -0.2) is 0 Å². The molecule has 2 aromatic carbocycles. The quantitative estimate of drug-likeness (QED) is 0.706. The third kappa shape index (κ3) is 2.31. The van der Waals surface area contributed by atoms with Gasteiger partial charge in [-0.15, -0.1) is 0 Å². The largest absolute Gasteiger partial charge is 0.281 e. The van der Waals surface area contributed by atoms with Crippen LogP contribution >= 0.6 is 0 Å². The molecule has 3 rings (SSSR count). The SMILES string of the molecule is CC(C)(C)N1[C@H](c2ccccc2)[C@@H]1c1ccccc1. The molecule has 1 fully saturated rings. The maximum atomic E-state index is 2.59. The summed E-state index contributed by atoms with van der Waals surface area (Å²) in [5.74, 6) is 0. The molecule has 3 atom stereocenters. The summed E-state index contributed by atoms with van der Waals surface area (Å²) < 4.78 is 0. The third-order valence-electron chi connectivity index (χ3n) is 3.87. The number of nitrogens with zero attached hydrogens (tertiary/aromatic N) is 1. The lowest BCUT2D eigenvalue weighted by atomic mass is 10.0. The van der Waals surface area contributed by atoms with Gasteiger partial charge in [-0.3, -0.25) is 4.90 Å². The molecule has 1 heterocycles. The first kappa shape index (κ1) is 12.4. The van der Waals surface area contributed by atoms with E-state index in [2.05, 4.69) is 86.3 Å². The zero-order valence-electron chi connectivity index (χ0n) is 11.9. The number of hydrogen-bond donors (Lipinski definition) is 0. The van der Waals surface area contributed by atoms with Gasteiger partial charge in [0.1, 0.15) is 0 Å². The lowest BCUT2D eigenvalue weighted by Crippen LogP contribution is -2.26. The van der Waals surface area contributed by atoms with E-state index in [1.54, 1.807) is 0 Å². The average molecular weight is 251 g/mol. The van der Waals surface area contributed by atoms with Crippen LogP contribution in [0.2, 0.25) is 0 Å². The minimum Gasteiger partial charge on any atom is -0.281 e. The minimum absolute atomic E-state index is 0.195. The molecule has 0 radical (unpaired) electrons. The predicted molar refractivity (Wildman–Crippen MR) is 80.0 cm³/mol. The van der Waals surface area contributed by atoms with Crippen LogP contribution in [-0.2, 0) is 0 Å². The second-order valence-corrected chi connectivity index (χ2v) is 6.29. The fourth-order valence-corrected chi connectivity index (χ4v) is 3.05. The highest BCUT2D eigenvalue weighted by Gasteiger charge is 2.54. The molecule has 1 saturated heterocycles. The molecule has 0 aromatic heterocycles. The molecule has 2 aromatic rings. The summed E-state index contributed by atoms with van der Waals surface area (Å²) in [5, 5.41) is 0. The Morgan fingerprint density at radius 2 is 1.05 bits per heavy atom. The first-order valence-corrected chi connectivity index (χ1v) is 6.97. The van der Waals surface area contributed by atoms with Gasteiger partial charge in [0, 0.05) is 5.54 Å². The van der Waals surface area contributed by atoms with E-state index in [0.717, 1.165) is 0 Å². The van der Waals surface area contributed by atoms with E-state index in [4.69, 9.17) is 0 Å². The van der Waals surface area contributed by atoms with E-state index < -0.39 is 0 Å². The molecule has 1 unspecified atom stereocenters. The molecule has 0 aliphatic carbocycles. The van der Waals surface area contributed by atoms with Crippen LogP contribution in [0.3, 0.4) is 0 Å². The van der Waals surface area contributed by atoms with E-state index in [1.807, 2.05) is 0 Å². The highest BCUT2D eigenvalue weighted by molar-refractivity contribution is 5.35. The topological polar surface area (TPSA) is 3.01 Å². The molecule has 0 saturated carbocycles. The van der Waals surface area contributed by atoms with Gasteiger partial charge >= 0.3 is 0 Å². The summed E-state index contributed by atoms with van der Waals surface area (Å²) in [7, 11) is 0. The summed E-state index contributed by atoms with van der Waals surface area (Å²) >= 11 is 0. The Morgan fingerprint density at radius 1 is 0.684 bits per heavy atom. The molecule has 0 N–H and O–H groups in total. The lowest BCUT2D eigenvalue weighted by molar-refractivity contribution is 0.270. The van der Waals surface area contributed by atoms with Crippen molar-refractivity contribution in [2.45, 2.75) is 38.4 Å². The van der Waals surface area contributed by atoms with Crippen LogP contribution in [0.15, 0.2) is 60.7 Å². The van der Waals surface area contributed by atoms with E-state index in [0.29, 0.717) is 12.1 Å². The van der Waals surface area contributed by atoms with Gasteiger partial charge in [-0.1, -0.05) is 60.7 Å². The van der Waals surface area contributed by atoms with Gasteiger partial charge in [0.15, 0.2) is 0 Å². The maximum Gasteiger partial charge on any atom is 0.0557 e. The van der Waals surface area contributed by atoms with Gasteiger partial charge in [0.25, 0.3) is 0 Å². The van der Waals surface area contributed by atoms with Crippen molar-refractivity contribution >= 4 is 0 Å². The van der Waals surface area contributed by atoms with Crippen molar-refractivity contribution in [3.05, 3.63) is 71.8 Å².